The van der Waals surface area contributed by atoms with E-state index >= 15 is 0 Å². The first-order valence-electron chi connectivity index (χ1n) is 9.37. The SMILES string of the molecule is COc1ccc(Oc2cc(N3CCN(C(=O)c4ccco4)[C@@H](C)C3)ncn2)cc1. The zero-order chi connectivity index (χ0) is 20.2. The van der Waals surface area contributed by atoms with E-state index in [9.17, 15) is 4.79 Å². The number of furan rings is 1. The Labute approximate surface area is 168 Å². The van der Waals surface area contributed by atoms with Gasteiger partial charge in [-0.15, -0.1) is 0 Å². The number of carbonyl (C=O) groups is 1. The maximum atomic E-state index is 12.6. The van der Waals surface area contributed by atoms with Gasteiger partial charge in [0, 0.05) is 31.7 Å². The van der Waals surface area contributed by atoms with Crippen LogP contribution in [0.4, 0.5) is 5.82 Å². The molecule has 0 saturated carbocycles. The second kappa shape index (κ2) is 8.22. The van der Waals surface area contributed by atoms with Crippen LogP contribution < -0.4 is 14.4 Å². The minimum absolute atomic E-state index is 0.0160. The molecule has 29 heavy (non-hydrogen) atoms. The third kappa shape index (κ3) is 4.16. The number of nitrogens with zero attached hydrogens (tertiary/aromatic N) is 4. The van der Waals surface area contributed by atoms with Gasteiger partial charge in [0.15, 0.2) is 5.76 Å². The minimum atomic E-state index is -0.0895. The molecule has 8 nitrogen and oxygen atoms in total. The molecule has 0 spiro atoms. The van der Waals surface area contributed by atoms with Crippen molar-refractivity contribution >= 4 is 11.7 Å². The Kier molecular flexibility index (Phi) is 5.33. The fourth-order valence-electron chi connectivity index (χ4n) is 3.33. The van der Waals surface area contributed by atoms with Gasteiger partial charge in [-0.1, -0.05) is 0 Å². The number of anilines is 1. The predicted molar refractivity (Wildman–Crippen MR) is 107 cm³/mol. The van der Waals surface area contributed by atoms with E-state index in [1.54, 1.807) is 25.3 Å². The van der Waals surface area contributed by atoms with E-state index in [0.717, 1.165) is 11.6 Å². The van der Waals surface area contributed by atoms with Gasteiger partial charge in [-0.25, -0.2) is 9.97 Å². The summed E-state index contributed by atoms with van der Waals surface area (Å²) in [5.41, 5.74) is 0. The lowest BCUT2D eigenvalue weighted by molar-refractivity contribution is 0.0641. The van der Waals surface area contributed by atoms with E-state index in [1.807, 2.05) is 36.1 Å². The Morgan fingerprint density at radius 2 is 1.93 bits per heavy atom. The number of benzene rings is 1. The van der Waals surface area contributed by atoms with Gasteiger partial charge in [-0.2, -0.15) is 0 Å². The first-order chi connectivity index (χ1) is 14.1. The van der Waals surface area contributed by atoms with Crippen LogP contribution in [0.5, 0.6) is 17.4 Å². The van der Waals surface area contributed by atoms with E-state index in [0.29, 0.717) is 37.0 Å². The molecule has 1 aliphatic heterocycles. The molecule has 0 radical (unpaired) electrons. The van der Waals surface area contributed by atoms with E-state index < -0.39 is 0 Å². The second-order valence-electron chi connectivity index (χ2n) is 6.76. The van der Waals surface area contributed by atoms with Crippen molar-refractivity contribution in [2.24, 2.45) is 0 Å². The highest BCUT2D eigenvalue weighted by Crippen LogP contribution is 2.25. The number of hydrogen-bond acceptors (Lipinski definition) is 7. The molecule has 150 valence electrons. The minimum Gasteiger partial charge on any atom is -0.497 e. The lowest BCUT2D eigenvalue weighted by Crippen LogP contribution is -2.54. The van der Waals surface area contributed by atoms with Crippen molar-refractivity contribution in [3.63, 3.8) is 0 Å². The topological polar surface area (TPSA) is 80.9 Å². The quantitative estimate of drug-likeness (QED) is 0.657. The van der Waals surface area contributed by atoms with E-state index in [-0.39, 0.29) is 11.9 Å². The Morgan fingerprint density at radius 1 is 1.14 bits per heavy atom. The summed E-state index contributed by atoms with van der Waals surface area (Å²) in [7, 11) is 1.62. The summed E-state index contributed by atoms with van der Waals surface area (Å²) >= 11 is 0. The summed E-state index contributed by atoms with van der Waals surface area (Å²) in [6, 6.07) is 12.5. The van der Waals surface area contributed by atoms with Crippen LogP contribution in [-0.2, 0) is 0 Å². The number of ether oxygens (including phenoxy) is 2. The molecule has 0 N–H and O–H groups in total. The molecule has 1 fully saturated rings. The molecule has 1 amide bonds. The fourth-order valence-corrected chi connectivity index (χ4v) is 3.33. The normalized spacial score (nSPS) is 16.6. The van der Waals surface area contributed by atoms with Crippen molar-refractivity contribution < 1.29 is 18.7 Å². The van der Waals surface area contributed by atoms with Crippen molar-refractivity contribution in [1.29, 1.82) is 0 Å². The smallest absolute Gasteiger partial charge is 0.289 e. The molecule has 4 rings (SSSR count). The standard InChI is InChI=1S/C21H22N4O4/c1-15-13-24(9-10-25(15)21(26)18-4-3-11-28-18)19-12-20(23-14-22-19)29-17-7-5-16(27-2)6-8-17/h3-8,11-12,14-15H,9-10,13H2,1-2H3/t15-/m0/s1. The van der Waals surface area contributed by atoms with Gasteiger partial charge < -0.3 is 23.7 Å². The molecule has 1 saturated heterocycles. The summed E-state index contributed by atoms with van der Waals surface area (Å²) in [6.45, 7) is 3.92. The number of aromatic nitrogens is 2. The molecule has 1 aliphatic rings. The Balaban J connectivity index is 1.43. The molecular weight excluding hydrogens is 372 g/mol. The molecule has 3 aromatic rings. The molecular formula is C21H22N4O4. The van der Waals surface area contributed by atoms with Gasteiger partial charge in [0.1, 0.15) is 23.6 Å². The highest BCUT2D eigenvalue weighted by molar-refractivity contribution is 5.91. The number of amides is 1. The van der Waals surface area contributed by atoms with E-state index in [4.69, 9.17) is 13.9 Å². The third-order valence-electron chi connectivity index (χ3n) is 4.85. The summed E-state index contributed by atoms with van der Waals surface area (Å²) in [5.74, 6) is 2.92. The second-order valence-corrected chi connectivity index (χ2v) is 6.76. The van der Waals surface area contributed by atoms with Crippen LogP contribution in [0, 0.1) is 0 Å². The van der Waals surface area contributed by atoms with Crippen molar-refractivity contribution in [3.05, 3.63) is 60.8 Å². The van der Waals surface area contributed by atoms with Crippen LogP contribution in [0.25, 0.3) is 0 Å². The average molecular weight is 394 g/mol. The highest BCUT2D eigenvalue weighted by Gasteiger charge is 2.30. The zero-order valence-corrected chi connectivity index (χ0v) is 16.3. The molecule has 0 aliphatic carbocycles. The number of hydrogen-bond donors (Lipinski definition) is 0. The Hall–Kier alpha value is -3.55. The molecule has 1 aromatic carbocycles. The monoisotopic (exact) mass is 394 g/mol. The van der Waals surface area contributed by atoms with Crippen LogP contribution in [0.2, 0.25) is 0 Å². The number of piperazine rings is 1. The van der Waals surface area contributed by atoms with Crippen molar-refractivity contribution in [3.8, 4) is 17.4 Å². The molecule has 2 aromatic heterocycles. The average Bonchev–Trinajstić information content (AvgIpc) is 3.29. The number of rotatable bonds is 5. The maximum absolute atomic E-state index is 12.6. The summed E-state index contributed by atoms with van der Waals surface area (Å²) < 4.78 is 16.2. The van der Waals surface area contributed by atoms with Gasteiger partial charge in [0.2, 0.25) is 5.88 Å². The van der Waals surface area contributed by atoms with Gasteiger partial charge in [-0.3, -0.25) is 4.79 Å². The van der Waals surface area contributed by atoms with Crippen LogP contribution in [0.15, 0.2) is 59.5 Å². The van der Waals surface area contributed by atoms with Crippen LogP contribution in [0.3, 0.4) is 0 Å². The number of methoxy groups -OCH3 is 1. The van der Waals surface area contributed by atoms with E-state index in [1.165, 1.54) is 12.6 Å². The van der Waals surface area contributed by atoms with Crippen molar-refractivity contribution in [2.45, 2.75) is 13.0 Å². The van der Waals surface area contributed by atoms with Crippen molar-refractivity contribution in [2.75, 3.05) is 31.6 Å². The molecule has 1 atom stereocenters. The Morgan fingerprint density at radius 3 is 2.62 bits per heavy atom. The fraction of sp³-hybridized carbons (Fsp3) is 0.286. The third-order valence-corrected chi connectivity index (χ3v) is 4.85. The summed E-state index contributed by atoms with van der Waals surface area (Å²) in [6.07, 6.45) is 3.00. The molecule has 3 heterocycles. The van der Waals surface area contributed by atoms with E-state index in [2.05, 4.69) is 14.9 Å². The molecule has 0 bridgehead atoms. The first kappa shape index (κ1) is 18.8. The van der Waals surface area contributed by atoms with Gasteiger partial charge >= 0.3 is 0 Å². The first-order valence-corrected chi connectivity index (χ1v) is 9.37. The predicted octanol–water partition coefficient (Wildman–Crippen LogP) is 3.22. The van der Waals surface area contributed by atoms with Gasteiger partial charge in [0.25, 0.3) is 5.91 Å². The largest absolute Gasteiger partial charge is 0.497 e. The molecule has 0 unspecified atom stereocenters. The molecule has 8 heteroatoms. The number of carbonyl (C=O) groups excluding carboxylic acids is 1. The van der Waals surface area contributed by atoms with Gasteiger partial charge in [0.05, 0.1) is 13.4 Å². The zero-order valence-electron chi connectivity index (χ0n) is 16.3. The highest BCUT2D eigenvalue weighted by atomic mass is 16.5. The lowest BCUT2D eigenvalue weighted by atomic mass is 10.1. The van der Waals surface area contributed by atoms with Crippen LogP contribution in [-0.4, -0.2) is 53.6 Å². The van der Waals surface area contributed by atoms with Gasteiger partial charge in [-0.05, 0) is 43.3 Å². The maximum Gasteiger partial charge on any atom is 0.289 e. The van der Waals surface area contributed by atoms with Crippen LogP contribution in [0.1, 0.15) is 17.5 Å². The van der Waals surface area contributed by atoms with Crippen molar-refractivity contribution in [1.82, 2.24) is 14.9 Å². The van der Waals surface area contributed by atoms with Crippen LogP contribution >= 0.6 is 0 Å². The summed E-state index contributed by atoms with van der Waals surface area (Å²) in [4.78, 5) is 25.1. The lowest BCUT2D eigenvalue weighted by Gasteiger charge is -2.40. The summed E-state index contributed by atoms with van der Waals surface area (Å²) in [5, 5.41) is 0. The Bertz CT molecular complexity index is 959.